The fourth-order valence-electron chi connectivity index (χ4n) is 2.27. The van der Waals surface area contributed by atoms with Crippen molar-refractivity contribution in [3.05, 3.63) is 43.9 Å². The molecule has 0 aliphatic rings. The highest BCUT2D eigenvalue weighted by molar-refractivity contribution is 5.51. The highest BCUT2D eigenvalue weighted by Gasteiger charge is 2.14. The van der Waals surface area contributed by atoms with Crippen LogP contribution in [0.1, 0.15) is 23.2 Å². The van der Waals surface area contributed by atoms with Gasteiger partial charge in [-0.15, -0.1) is 0 Å². The van der Waals surface area contributed by atoms with E-state index in [2.05, 4.69) is 15.5 Å². The third-order valence-electron chi connectivity index (χ3n) is 3.63. The van der Waals surface area contributed by atoms with E-state index in [0.717, 1.165) is 28.7 Å². The molecule has 0 radical (unpaired) electrons. The van der Waals surface area contributed by atoms with E-state index in [4.69, 9.17) is 5.26 Å². The molecule has 22 heavy (non-hydrogen) atoms. The molecule has 2 rings (SSSR count). The predicted octanol–water partition coefficient (Wildman–Crippen LogP) is 0.0319. The summed E-state index contributed by atoms with van der Waals surface area (Å²) in [5, 5.41) is 19.0. The summed E-state index contributed by atoms with van der Waals surface area (Å²) in [7, 11) is 2.89. The first-order chi connectivity index (χ1) is 10.5. The van der Waals surface area contributed by atoms with Crippen molar-refractivity contribution in [2.24, 2.45) is 14.1 Å². The van der Waals surface area contributed by atoms with E-state index in [1.807, 2.05) is 13.0 Å². The number of nitrogens with zero attached hydrogens (tertiary/aromatic N) is 4. The van der Waals surface area contributed by atoms with Crippen molar-refractivity contribution >= 4 is 5.82 Å². The Morgan fingerprint density at radius 1 is 1.36 bits per heavy atom. The molecular weight excluding hydrogens is 284 g/mol. The van der Waals surface area contributed by atoms with Crippen molar-refractivity contribution in [2.75, 3.05) is 11.9 Å². The van der Waals surface area contributed by atoms with Gasteiger partial charge in [-0.3, -0.25) is 19.0 Å². The molecule has 0 saturated carbocycles. The van der Waals surface area contributed by atoms with E-state index >= 15 is 0 Å². The number of hydrogen-bond donors (Lipinski definition) is 2. The number of H-pyrrole nitrogens is 1. The van der Waals surface area contributed by atoms with Gasteiger partial charge < -0.3 is 5.32 Å². The van der Waals surface area contributed by atoms with Gasteiger partial charge in [0.05, 0.1) is 6.20 Å². The number of aromatic amines is 1. The molecule has 116 valence electrons. The number of aromatic nitrogens is 4. The van der Waals surface area contributed by atoms with E-state index in [0.29, 0.717) is 6.54 Å². The van der Waals surface area contributed by atoms with Crippen molar-refractivity contribution < 1.29 is 0 Å². The quantitative estimate of drug-likeness (QED) is 0.758. The maximum absolute atomic E-state index is 11.9. The SMILES string of the molecule is Cc1[nH]ncc1CCCNc1c(C#N)c(=O)n(C)c(=O)n1C. The number of nitrogens with one attached hydrogen (secondary N) is 2. The molecular formula is C14H18N6O2. The van der Waals surface area contributed by atoms with Crippen LogP contribution >= 0.6 is 0 Å². The molecule has 0 aliphatic carbocycles. The molecule has 2 N–H and O–H groups in total. The Balaban J connectivity index is 2.14. The van der Waals surface area contributed by atoms with Crippen LogP contribution in [0, 0.1) is 18.3 Å². The maximum atomic E-state index is 11.9. The second kappa shape index (κ2) is 6.30. The Morgan fingerprint density at radius 2 is 2.09 bits per heavy atom. The van der Waals surface area contributed by atoms with E-state index in [1.165, 1.54) is 18.7 Å². The van der Waals surface area contributed by atoms with Gasteiger partial charge in [0.1, 0.15) is 11.9 Å². The normalized spacial score (nSPS) is 10.5. The zero-order valence-corrected chi connectivity index (χ0v) is 12.8. The average Bonchev–Trinajstić information content (AvgIpc) is 2.91. The predicted molar refractivity (Wildman–Crippen MR) is 81.8 cm³/mol. The lowest BCUT2D eigenvalue weighted by Crippen LogP contribution is -2.40. The topological polar surface area (TPSA) is 108 Å². The van der Waals surface area contributed by atoms with Crippen LogP contribution in [-0.2, 0) is 20.5 Å². The lowest BCUT2D eigenvalue weighted by atomic mass is 10.1. The third kappa shape index (κ3) is 2.79. The molecule has 0 atom stereocenters. The molecule has 0 fully saturated rings. The number of aryl methyl sites for hydroxylation is 2. The van der Waals surface area contributed by atoms with Crippen molar-refractivity contribution in [1.82, 2.24) is 19.3 Å². The number of anilines is 1. The van der Waals surface area contributed by atoms with Crippen molar-refractivity contribution in [2.45, 2.75) is 19.8 Å². The Labute approximate surface area is 127 Å². The van der Waals surface area contributed by atoms with E-state index < -0.39 is 11.2 Å². The molecule has 0 aliphatic heterocycles. The van der Waals surface area contributed by atoms with Crippen LogP contribution in [0.2, 0.25) is 0 Å². The molecule has 0 bridgehead atoms. The van der Waals surface area contributed by atoms with E-state index in [-0.39, 0.29) is 11.4 Å². The highest BCUT2D eigenvalue weighted by atomic mass is 16.2. The largest absolute Gasteiger partial charge is 0.370 e. The van der Waals surface area contributed by atoms with Gasteiger partial charge in [-0.2, -0.15) is 10.4 Å². The van der Waals surface area contributed by atoms with Crippen molar-refractivity contribution in [3.8, 4) is 6.07 Å². The van der Waals surface area contributed by atoms with Crippen LogP contribution in [0.3, 0.4) is 0 Å². The summed E-state index contributed by atoms with van der Waals surface area (Å²) in [4.78, 5) is 23.8. The molecule has 8 nitrogen and oxygen atoms in total. The average molecular weight is 302 g/mol. The summed E-state index contributed by atoms with van der Waals surface area (Å²) >= 11 is 0. The zero-order chi connectivity index (χ0) is 16.3. The van der Waals surface area contributed by atoms with Gasteiger partial charge in [-0.05, 0) is 25.3 Å². The summed E-state index contributed by atoms with van der Waals surface area (Å²) in [5.41, 5.74) is 1.05. The first-order valence-electron chi connectivity index (χ1n) is 6.90. The first-order valence-corrected chi connectivity index (χ1v) is 6.90. The second-order valence-corrected chi connectivity index (χ2v) is 5.09. The van der Waals surface area contributed by atoms with Crippen LogP contribution in [0.5, 0.6) is 0 Å². The first kappa shape index (κ1) is 15.6. The van der Waals surface area contributed by atoms with Gasteiger partial charge >= 0.3 is 5.69 Å². The monoisotopic (exact) mass is 302 g/mol. The number of rotatable bonds is 5. The van der Waals surface area contributed by atoms with Gasteiger partial charge in [0.15, 0.2) is 5.56 Å². The lowest BCUT2D eigenvalue weighted by molar-refractivity contribution is 0.683. The Morgan fingerprint density at radius 3 is 2.68 bits per heavy atom. The number of nitriles is 1. The molecule has 8 heteroatoms. The van der Waals surface area contributed by atoms with Crippen molar-refractivity contribution in [1.29, 1.82) is 5.26 Å². The third-order valence-corrected chi connectivity index (χ3v) is 3.63. The number of hydrogen-bond acceptors (Lipinski definition) is 5. The fourth-order valence-corrected chi connectivity index (χ4v) is 2.27. The highest BCUT2D eigenvalue weighted by Crippen LogP contribution is 2.09. The van der Waals surface area contributed by atoms with Gasteiger partial charge in [0, 0.05) is 26.3 Å². The Hall–Kier alpha value is -2.82. The molecule has 2 aromatic heterocycles. The van der Waals surface area contributed by atoms with Crippen LogP contribution in [0.15, 0.2) is 15.8 Å². The molecule has 0 unspecified atom stereocenters. The van der Waals surface area contributed by atoms with E-state index in [1.54, 1.807) is 6.20 Å². The van der Waals surface area contributed by atoms with E-state index in [9.17, 15) is 9.59 Å². The van der Waals surface area contributed by atoms with Crippen LogP contribution < -0.4 is 16.6 Å². The molecule has 2 heterocycles. The van der Waals surface area contributed by atoms with Gasteiger partial charge in [0.2, 0.25) is 0 Å². The molecule has 2 aromatic rings. The molecule has 0 saturated heterocycles. The van der Waals surface area contributed by atoms with Gasteiger partial charge in [-0.25, -0.2) is 4.79 Å². The summed E-state index contributed by atoms with van der Waals surface area (Å²) in [5.74, 6) is 0.263. The zero-order valence-electron chi connectivity index (χ0n) is 12.8. The Bertz CT molecular complexity index is 836. The summed E-state index contributed by atoms with van der Waals surface area (Å²) < 4.78 is 2.21. The summed E-state index contributed by atoms with van der Waals surface area (Å²) in [6, 6.07) is 1.87. The van der Waals surface area contributed by atoms with Crippen molar-refractivity contribution in [3.63, 3.8) is 0 Å². The summed E-state index contributed by atoms with van der Waals surface area (Å²) in [6.07, 6.45) is 3.38. The van der Waals surface area contributed by atoms with Crippen LogP contribution in [0.4, 0.5) is 5.82 Å². The summed E-state index contributed by atoms with van der Waals surface area (Å²) in [6.45, 7) is 2.49. The Kier molecular flexibility index (Phi) is 4.46. The molecule has 0 amide bonds. The standard InChI is InChI=1S/C14H18N6O2/c1-9-10(8-17-18-9)5-4-6-16-12-11(7-15)13(21)20(3)14(22)19(12)2/h8,16H,4-6H2,1-3H3,(H,17,18). The smallest absolute Gasteiger partial charge is 0.332 e. The lowest BCUT2D eigenvalue weighted by Gasteiger charge is -2.13. The van der Waals surface area contributed by atoms with Gasteiger partial charge in [0.25, 0.3) is 5.56 Å². The minimum Gasteiger partial charge on any atom is -0.370 e. The molecule has 0 spiro atoms. The minimum absolute atomic E-state index is 0.0518. The van der Waals surface area contributed by atoms with Crippen LogP contribution in [-0.4, -0.2) is 25.9 Å². The minimum atomic E-state index is -0.584. The second-order valence-electron chi connectivity index (χ2n) is 5.09. The maximum Gasteiger partial charge on any atom is 0.332 e. The van der Waals surface area contributed by atoms with Crippen LogP contribution in [0.25, 0.3) is 0 Å². The van der Waals surface area contributed by atoms with Gasteiger partial charge in [-0.1, -0.05) is 0 Å². The fraction of sp³-hybridized carbons (Fsp3) is 0.429. The molecule has 0 aromatic carbocycles.